The van der Waals surface area contributed by atoms with E-state index in [0.29, 0.717) is 17.5 Å². The van der Waals surface area contributed by atoms with Crippen LogP contribution in [0, 0.1) is 0 Å². The molecule has 0 spiro atoms. The highest BCUT2D eigenvalue weighted by atomic mass is 15.2. The normalized spacial score (nSPS) is 16.0. The number of nitrogens with zero attached hydrogens (tertiary/aromatic N) is 4. The van der Waals surface area contributed by atoms with Gasteiger partial charge in [0.1, 0.15) is 0 Å². The lowest BCUT2D eigenvalue weighted by molar-refractivity contribution is 0.727. The lowest BCUT2D eigenvalue weighted by Gasteiger charge is -2.31. The lowest BCUT2D eigenvalue weighted by atomic mass is 9.80. The second-order valence-electron chi connectivity index (χ2n) is 12.8. The van der Waals surface area contributed by atoms with Crippen molar-refractivity contribution in [1.82, 2.24) is 15.0 Å². The van der Waals surface area contributed by atoms with Crippen LogP contribution in [-0.4, -0.2) is 21.0 Å². The Bertz CT molecular complexity index is 2570. The van der Waals surface area contributed by atoms with Gasteiger partial charge in [-0.05, 0) is 68.6 Å². The average molecular weight is 627 g/mol. The molecule has 0 radical (unpaired) electrons. The SMILES string of the molecule is C1=CC2C(c3ccccc31)c1c(ccc3ccccc13)N2c1ccc(-c2nc(-c3ccccc3)nc(-c3cccc4ccccc34)n2)cc1. The largest absolute Gasteiger partial charge is 0.333 e. The molecule has 4 nitrogen and oxygen atoms in total. The first-order chi connectivity index (χ1) is 24.3. The van der Waals surface area contributed by atoms with Gasteiger partial charge < -0.3 is 4.90 Å². The van der Waals surface area contributed by atoms with Crippen LogP contribution in [0.2, 0.25) is 0 Å². The van der Waals surface area contributed by atoms with Crippen molar-refractivity contribution in [2.45, 2.75) is 12.0 Å². The van der Waals surface area contributed by atoms with Crippen LogP contribution in [0.5, 0.6) is 0 Å². The first-order valence-electron chi connectivity index (χ1n) is 16.8. The molecule has 2 heterocycles. The van der Waals surface area contributed by atoms with Crippen LogP contribution in [-0.2, 0) is 0 Å². The van der Waals surface area contributed by atoms with Crippen molar-refractivity contribution in [2.75, 3.05) is 4.90 Å². The summed E-state index contributed by atoms with van der Waals surface area (Å²) >= 11 is 0. The number of benzene rings is 7. The van der Waals surface area contributed by atoms with E-state index in [1.54, 1.807) is 0 Å². The Kier molecular flexibility index (Phi) is 6.28. The molecule has 49 heavy (non-hydrogen) atoms. The molecule has 4 heteroatoms. The third-order valence-electron chi connectivity index (χ3n) is 10.1. The molecule has 1 aromatic heterocycles. The molecule has 10 rings (SSSR count). The number of hydrogen-bond acceptors (Lipinski definition) is 4. The van der Waals surface area contributed by atoms with Crippen LogP contribution >= 0.6 is 0 Å². The van der Waals surface area contributed by atoms with Crippen LogP contribution < -0.4 is 4.90 Å². The smallest absolute Gasteiger partial charge is 0.164 e. The molecule has 0 saturated heterocycles. The highest BCUT2D eigenvalue weighted by molar-refractivity contribution is 5.97. The van der Waals surface area contributed by atoms with E-state index in [1.807, 2.05) is 18.2 Å². The first-order valence-corrected chi connectivity index (χ1v) is 16.8. The van der Waals surface area contributed by atoms with Gasteiger partial charge in [0.25, 0.3) is 0 Å². The van der Waals surface area contributed by atoms with E-state index in [0.717, 1.165) is 33.2 Å². The lowest BCUT2D eigenvalue weighted by Crippen LogP contribution is -2.30. The third kappa shape index (κ3) is 4.49. The molecular formula is C45H30N4. The Labute approximate surface area is 284 Å². The molecule has 8 aromatic rings. The summed E-state index contributed by atoms with van der Waals surface area (Å²) < 4.78 is 0. The quantitative estimate of drug-likeness (QED) is 0.195. The van der Waals surface area contributed by atoms with Crippen LogP contribution in [0.15, 0.2) is 164 Å². The summed E-state index contributed by atoms with van der Waals surface area (Å²) in [5, 5.41) is 4.87. The highest BCUT2D eigenvalue weighted by Crippen LogP contribution is 2.53. The van der Waals surface area contributed by atoms with Gasteiger partial charge in [-0.2, -0.15) is 0 Å². The van der Waals surface area contributed by atoms with Gasteiger partial charge >= 0.3 is 0 Å². The van der Waals surface area contributed by atoms with Crippen LogP contribution in [0.4, 0.5) is 11.4 Å². The molecule has 7 aromatic carbocycles. The molecule has 0 N–H and O–H groups in total. The number of rotatable bonds is 4. The highest BCUT2D eigenvalue weighted by Gasteiger charge is 2.42. The number of aromatic nitrogens is 3. The van der Waals surface area contributed by atoms with E-state index in [9.17, 15) is 0 Å². The molecule has 0 bridgehead atoms. The Morgan fingerprint density at radius 1 is 0.469 bits per heavy atom. The summed E-state index contributed by atoms with van der Waals surface area (Å²) in [6.45, 7) is 0. The van der Waals surface area contributed by atoms with Gasteiger partial charge in [-0.25, -0.2) is 15.0 Å². The van der Waals surface area contributed by atoms with Crippen molar-refractivity contribution in [3.05, 3.63) is 180 Å². The summed E-state index contributed by atoms with van der Waals surface area (Å²) in [5.41, 5.74) is 9.37. The predicted molar refractivity (Wildman–Crippen MR) is 201 cm³/mol. The van der Waals surface area contributed by atoms with Gasteiger partial charge in [-0.15, -0.1) is 0 Å². The number of hydrogen-bond donors (Lipinski definition) is 0. The summed E-state index contributed by atoms with van der Waals surface area (Å²) in [4.78, 5) is 17.6. The second-order valence-corrected chi connectivity index (χ2v) is 12.8. The van der Waals surface area contributed by atoms with Gasteiger partial charge in [0, 0.05) is 34.0 Å². The van der Waals surface area contributed by atoms with Gasteiger partial charge in [-0.3, -0.25) is 0 Å². The van der Waals surface area contributed by atoms with Crippen LogP contribution in [0.1, 0.15) is 22.6 Å². The zero-order valence-electron chi connectivity index (χ0n) is 26.6. The zero-order chi connectivity index (χ0) is 32.3. The molecule has 0 fully saturated rings. The summed E-state index contributed by atoms with van der Waals surface area (Å²) in [6.07, 6.45) is 4.67. The minimum absolute atomic E-state index is 0.168. The minimum Gasteiger partial charge on any atom is -0.333 e. The minimum atomic E-state index is 0.168. The van der Waals surface area contributed by atoms with E-state index < -0.39 is 0 Å². The van der Waals surface area contributed by atoms with Crippen molar-refractivity contribution in [3.8, 4) is 34.2 Å². The Hall–Kier alpha value is -6.39. The molecule has 1 aliphatic carbocycles. The van der Waals surface area contributed by atoms with Crippen molar-refractivity contribution >= 4 is 39.0 Å². The second kappa shape index (κ2) is 11.1. The van der Waals surface area contributed by atoms with Crippen molar-refractivity contribution in [3.63, 3.8) is 0 Å². The molecule has 1 aliphatic heterocycles. The van der Waals surface area contributed by atoms with E-state index in [4.69, 9.17) is 15.0 Å². The van der Waals surface area contributed by atoms with Gasteiger partial charge in [-0.1, -0.05) is 140 Å². The zero-order valence-corrected chi connectivity index (χ0v) is 26.6. The molecule has 2 unspecified atom stereocenters. The third-order valence-corrected chi connectivity index (χ3v) is 10.1. The topological polar surface area (TPSA) is 41.9 Å². The molecule has 0 saturated carbocycles. The molecular weight excluding hydrogens is 597 g/mol. The van der Waals surface area contributed by atoms with Crippen LogP contribution in [0.25, 0.3) is 61.8 Å². The summed E-state index contributed by atoms with van der Waals surface area (Å²) in [6, 6.07) is 55.9. The Balaban J connectivity index is 1.10. The van der Waals surface area contributed by atoms with Crippen molar-refractivity contribution in [2.24, 2.45) is 0 Å². The fourth-order valence-electron chi connectivity index (χ4n) is 7.83. The van der Waals surface area contributed by atoms with E-state index in [-0.39, 0.29) is 12.0 Å². The fraction of sp³-hybridized carbons (Fsp3) is 0.0444. The van der Waals surface area contributed by atoms with E-state index in [2.05, 4.69) is 157 Å². The first kappa shape index (κ1) is 27.7. The molecule has 0 amide bonds. The van der Waals surface area contributed by atoms with E-state index >= 15 is 0 Å². The Morgan fingerprint density at radius 3 is 1.92 bits per heavy atom. The maximum atomic E-state index is 5.09. The number of fused-ring (bicyclic) bond motifs is 8. The van der Waals surface area contributed by atoms with Crippen molar-refractivity contribution in [1.29, 1.82) is 0 Å². The summed E-state index contributed by atoms with van der Waals surface area (Å²) in [5.74, 6) is 2.22. The van der Waals surface area contributed by atoms with Gasteiger partial charge in [0.05, 0.1) is 6.04 Å². The Morgan fingerprint density at radius 2 is 1.10 bits per heavy atom. The predicted octanol–water partition coefficient (Wildman–Crippen LogP) is 10.9. The molecule has 2 aliphatic rings. The van der Waals surface area contributed by atoms with Crippen LogP contribution in [0.3, 0.4) is 0 Å². The number of anilines is 2. The monoisotopic (exact) mass is 626 g/mol. The van der Waals surface area contributed by atoms with Gasteiger partial charge in [0.15, 0.2) is 17.5 Å². The molecule has 2 atom stereocenters. The summed E-state index contributed by atoms with van der Waals surface area (Å²) in [7, 11) is 0. The average Bonchev–Trinajstić information content (AvgIpc) is 3.53. The van der Waals surface area contributed by atoms with Crippen molar-refractivity contribution < 1.29 is 0 Å². The van der Waals surface area contributed by atoms with E-state index in [1.165, 1.54) is 33.2 Å². The van der Waals surface area contributed by atoms with Gasteiger partial charge in [0.2, 0.25) is 0 Å². The maximum Gasteiger partial charge on any atom is 0.164 e. The maximum absolute atomic E-state index is 5.09. The molecule has 230 valence electrons. The standard InChI is InChI=1S/C45H30N4/c1-2-14-32(15-3-1)43-46-44(48-45(47-43)38-20-10-16-29-11-4-7-17-35(29)38)33-21-25-34(26-22-33)49-39-27-23-30-12-5-8-18-36(30)41(39)42-37-19-9-6-13-31(37)24-28-40(42)49/h1-28,39,41H. The fourth-order valence-corrected chi connectivity index (χ4v) is 7.83.